The predicted octanol–water partition coefficient (Wildman–Crippen LogP) is 0.218. The monoisotopic (exact) mass is 223 g/mol. The molecule has 5 heteroatoms. The van der Waals surface area contributed by atoms with Gasteiger partial charge >= 0.3 is 0 Å². The Hall–Kier alpha value is -1.52. The van der Waals surface area contributed by atoms with E-state index in [-0.39, 0.29) is 0 Å². The molecule has 1 aromatic heterocycles. The lowest BCUT2D eigenvalue weighted by Gasteiger charge is -2.13. The van der Waals surface area contributed by atoms with E-state index >= 15 is 0 Å². The molecule has 0 bridgehead atoms. The SMILES string of the molecule is CNC1=CC=C(c2cncc(Cl)c2)[NH2+]N1. The fourth-order valence-corrected chi connectivity index (χ4v) is 1.50. The highest BCUT2D eigenvalue weighted by Crippen LogP contribution is 2.13. The van der Waals surface area contributed by atoms with Gasteiger partial charge in [0.05, 0.1) is 10.6 Å². The minimum atomic E-state index is 0.644. The third kappa shape index (κ3) is 2.29. The normalized spacial score (nSPS) is 15.1. The van der Waals surface area contributed by atoms with Crippen molar-refractivity contribution in [1.29, 1.82) is 0 Å². The van der Waals surface area contributed by atoms with Gasteiger partial charge in [-0.3, -0.25) is 4.98 Å². The third-order valence-corrected chi connectivity index (χ3v) is 2.33. The van der Waals surface area contributed by atoms with Crippen LogP contribution in [0.25, 0.3) is 5.70 Å². The van der Waals surface area contributed by atoms with Crippen molar-refractivity contribution in [2.24, 2.45) is 0 Å². The Bertz CT molecular complexity index is 425. The Kier molecular flexibility index (Phi) is 2.89. The summed E-state index contributed by atoms with van der Waals surface area (Å²) in [6, 6.07) is 1.89. The van der Waals surface area contributed by atoms with Crippen molar-refractivity contribution in [1.82, 2.24) is 15.7 Å². The first-order valence-corrected chi connectivity index (χ1v) is 4.98. The first-order valence-electron chi connectivity index (χ1n) is 4.60. The van der Waals surface area contributed by atoms with Gasteiger partial charge in [0.2, 0.25) is 0 Å². The fraction of sp³-hybridized carbons (Fsp3) is 0.100. The standard InChI is InChI=1S/C10H11ClN4/c1-12-10-3-2-9(14-15-10)7-4-8(11)6-13-5-7/h2-6,12,14-15H,1H3/p+1. The van der Waals surface area contributed by atoms with Gasteiger partial charge in [0.1, 0.15) is 5.82 Å². The highest BCUT2D eigenvalue weighted by molar-refractivity contribution is 6.30. The van der Waals surface area contributed by atoms with Crippen molar-refractivity contribution in [3.05, 3.63) is 47.0 Å². The first kappa shape index (κ1) is 10.0. The number of aromatic nitrogens is 1. The maximum atomic E-state index is 5.87. The summed E-state index contributed by atoms with van der Waals surface area (Å²) < 4.78 is 0. The number of nitrogens with two attached hydrogens (primary N) is 1. The van der Waals surface area contributed by atoms with Gasteiger partial charge in [-0.25, -0.2) is 10.9 Å². The minimum absolute atomic E-state index is 0.644. The van der Waals surface area contributed by atoms with E-state index in [2.05, 4.69) is 15.7 Å². The van der Waals surface area contributed by atoms with Gasteiger partial charge in [-0.2, -0.15) is 0 Å². The zero-order valence-corrected chi connectivity index (χ0v) is 9.05. The Balaban J connectivity index is 2.26. The molecule has 0 spiro atoms. The molecule has 0 unspecified atom stereocenters. The van der Waals surface area contributed by atoms with Crippen LogP contribution in [0.1, 0.15) is 5.56 Å². The molecular formula is C10H12ClN4+. The highest BCUT2D eigenvalue weighted by atomic mass is 35.5. The van der Waals surface area contributed by atoms with E-state index in [9.17, 15) is 0 Å². The van der Waals surface area contributed by atoms with Crippen molar-refractivity contribution in [3.8, 4) is 0 Å². The van der Waals surface area contributed by atoms with Crippen LogP contribution in [0.5, 0.6) is 0 Å². The molecule has 0 saturated heterocycles. The smallest absolute Gasteiger partial charge is 0.162 e. The molecule has 78 valence electrons. The molecule has 1 aliphatic rings. The zero-order chi connectivity index (χ0) is 10.7. The number of nitrogens with one attached hydrogen (secondary N) is 2. The number of nitrogens with zero attached hydrogens (tertiary/aromatic N) is 1. The van der Waals surface area contributed by atoms with Crippen molar-refractivity contribution in [2.75, 3.05) is 7.05 Å². The molecule has 1 aliphatic heterocycles. The van der Waals surface area contributed by atoms with Crippen molar-refractivity contribution in [3.63, 3.8) is 0 Å². The third-order valence-electron chi connectivity index (χ3n) is 2.12. The topological polar surface area (TPSA) is 53.6 Å². The Morgan fingerprint density at radius 1 is 1.40 bits per heavy atom. The van der Waals surface area contributed by atoms with E-state index in [0.717, 1.165) is 17.1 Å². The summed E-state index contributed by atoms with van der Waals surface area (Å²) in [5.74, 6) is 0.966. The number of hydrogen-bond donors (Lipinski definition) is 3. The fourth-order valence-electron chi connectivity index (χ4n) is 1.33. The lowest BCUT2D eigenvalue weighted by molar-refractivity contribution is -0.619. The van der Waals surface area contributed by atoms with Gasteiger partial charge < -0.3 is 5.32 Å². The Labute approximate surface area is 93.0 Å². The Morgan fingerprint density at radius 3 is 2.87 bits per heavy atom. The number of pyridine rings is 1. The van der Waals surface area contributed by atoms with E-state index in [4.69, 9.17) is 11.6 Å². The number of allylic oxidation sites excluding steroid dienone is 2. The number of hydrogen-bond acceptors (Lipinski definition) is 3. The van der Waals surface area contributed by atoms with Gasteiger partial charge in [-0.1, -0.05) is 11.6 Å². The average Bonchev–Trinajstić information content (AvgIpc) is 2.29. The summed E-state index contributed by atoms with van der Waals surface area (Å²) in [4.78, 5) is 4.04. The van der Waals surface area contributed by atoms with Crippen LogP contribution < -0.4 is 16.2 Å². The molecule has 0 saturated carbocycles. The van der Waals surface area contributed by atoms with Crippen LogP contribution in [-0.2, 0) is 0 Å². The molecule has 0 amide bonds. The molecule has 4 N–H and O–H groups in total. The van der Waals surface area contributed by atoms with Crippen molar-refractivity contribution < 1.29 is 5.43 Å². The van der Waals surface area contributed by atoms with Gasteiger partial charge in [0, 0.05) is 25.5 Å². The average molecular weight is 224 g/mol. The maximum Gasteiger partial charge on any atom is 0.162 e. The molecule has 0 atom stereocenters. The van der Waals surface area contributed by atoms with E-state index in [0.29, 0.717) is 5.02 Å². The first-order chi connectivity index (χ1) is 7.29. The molecule has 15 heavy (non-hydrogen) atoms. The quantitative estimate of drug-likeness (QED) is 0.629. The van der Waals surface area contributed by atoms with E-state index in [1.165, 1.54) is 0 Å². The van der Waals surface area contributed by atoms with Crippen LogP contribution in [0.3, 0.4) is 0 Å². The summed E-state index contributed by atoms with van der Waals surface area (Å²) in [6.07, 6.45) is 7.39. The summed E-state index contributed by atoms with van der Waals surface area (Å²) >= 11 is 5.87. The maximum absolute atomic E-state index is 5.87. The molecule has 0 fully saturated rings. The number of halogens is 1. The molecule has 2 heterocycles. The summed E-state index contributed by atoms with van der Waals surface area (Å²) in [7, 11) is 1.87. The Morgan fingerprint density at radius 2 is 2.27 bits per heavy atom. The van der Waals surface area contributed by atoms with Gasteiger partial charge in [0.25, 0.3) is 0 Å². The van der Waals surface area contributed by atoms with Crippen LogP contribution in [0.4, 0.5) is 0 Å². The molecule has 2 rings (SSSR count). The second kappa shape index (κ2) is 4.33. The number of rotatable bonds is 2. The zero-order valence-electron chi connectivity index (χ0n) is 8.29. The van der Waals surface area contributed by atoms with Gasteiger partial charge in [0.15, 0.2) is 5.70 Å². The minimum Gasteiger partial charge on any atom is -0.371 e. The summed E-state index contributed by atoms with van der Waals surface area (Å²) in [5, 5.41) is 3.66. The second-order valence-electron chi connectivity index (χ2n) is 3.13. The summed E-state index contributed by atoms with van der Waals surface area (Å²) in [5.41, 5.74) is 7.10. The number of quaternary nitrogens is 1. The predicted molar refractivity (Wildman–Crippen MR) is 59.4 cm³/mol. The molecule has 0 radical (unpaired) electrons. The van der Waals surface area contributed by atoms with Crippen molar-refractivity contribution >= 4 is 17.3 Å². The van der Waals surface area contributed by atoms with Crippen LogP contribution in [-0.4, -0.2) is 12.0 Å². The van der Waals surface area contributed by atoms with Crippen LogP contribution in [0.15, 0.2) is 36.4 Å². The largest absolute Gasteiger partial charge is 0.371 e. The van der Waals surface area contributed by atoms with Crippen LogP contribution >= 0.6 is 11.6 Å². The van der Waals surface area contributed by atoms with Gasteiger partial charge in [-0.15, -0.1) is 0 Å². The molecular weight excluding hydrogens is 212 g/mol. The molecule has 1 aromatic rings. The highest BCUT2D eigenvalue weighted by Gasteiger charge is 2.10. The van der Waals surface area contributed by atoms with Crippen LogP contribution in [0, 0.1) is 0 Å². The molecule has 0 aromatic carbocycles. The molecule has 4 nitrogen and oxygen atoms in total. The lowest BCUT2D eigenvalue weighted by Crippen LogP contribution is -2.91. The lowest BCUT2D eigenvalue weighted by atomic mass is 10.2. The summed E-state index contributed by atoms with van der Waals surface area (Å²) in [6.45, 7) is 0. The van der Waals surface area contributed by atoms with E-state index in [1.54, 1.807) is 12.4 Å². The van der Waals surface area contributed by atoms with Crippen LogP contribution in [0.2, 0.25) is 5.02 Å². The van der Waals surface area contributed by atoms with E-state index < -0.39 is 0 Å². The van der Waals surface area contributed by atoms with Gasteiger partial charge in [-0.05, 0) is 12.1 Å². The van der Waals surface area contributed by atoms with E-state index in [1.807, 2.05) is 30.7 Å². The molecule has 0 aliphatic carbocycles. The van der Waals surface area contributed by atoms with Crippen molar-refractivity contribution in [2.45, 2.75) is 0 Å². The second-order valence-corrected chi connectivity index (χ2v) is 3.57.